The van der Waals surface area contributed by atoms with E-state index in [0.717, 1.165) is 0 Å². The first kappa shape index (κ1) is 21.3. The monoisotopic (exact) mass is 455 g/mol. The number of amides is 1. The maximum absolute atomic E-state index is 13.6. The summed E-state index contributed by atoms with van der Waals surface area (Å²) in [5.74, 6) is -21.9. The van der Waals surface area contributed by atoms with Gasteiger partial charge in [-0.2, -0.15) is 39.5 Å². The van der Waals surface area contributed by atoms with Gasteiger partial charge in [0, 0.05) is 0 Å². The SMILES string of the molecule is O=C(Nc1nnc(C(F)(F)C(F)(F)C(F)(F)C(F)(F)F)s1)C1CC1(Cl)Cl. The number of alkyl halides is 11. The quantitative estimate of drug-likeness (QED) is 0.521. The Morgan fingerprint density at radius 1 is 1.04 bits per heavy atom. The topological polar surface area (TPSA) is 54.9 Å². The van der Waals surface area contributed by atoms with E-state index in [2.05, 4.69) is 10.2 Å². The Morgan fingerprint density at radius 3 is 1.96 bits per heavy atom. The van der Waals surface area contributed by atoms with Gasteiger partial charge in [0.25, 0.3) is 0 Å². The molecule has 1 aliphatic rings. The van der Waals surface area contributed by atoms with Crippen molar-refractivity contribution in [3.63, 3.8) is 0 Å². The summed E-state index contributed by atoms with van der Waals surface area (Å²) in [5.41, 5.74) is 0. The number of carbonyl (C=O) groups excluding carboxylic acids is 1. The number of anilines is 1. The zero-order valence-electron chi connectivity index (χ0n) is 11.7. The molecule has 4 nitrogen and oxygen atoms in total. The molecule has 1 atom stereocenters. The van der Waals surface area contributed by atoms with Gasteiger partial charge in [0.2, 0.25) is 11.0 Å². The molecule has 0 bridgehead atoms. The molecule has 1 N–H and O–H groups in total. The minimum absolute atomic E-state index is 0.0142. The van der Waals surface area contributed by atoms with Crippen molar-refractivity contribution in [3.8, 4) is 0 Å². The van der Waals surface area contributed by atoms with Crippen LogP contribution in [0, 0.1) is 5.92 Å². The molecule has 148 valence electrons. The highest BCUT2D eigenvalue weighted by Gasteiger charge is 2.83. The van der Waals surface area contributed by atoms with Gasteiger partial charge >= 0.3 is 23.9 Å². The number of hydrogen-bond acceptors (Lipinski definition) is 4. The lowest BCUT2D eigenvalue weighted by Crippen LogP contribution is -2.59. The highest BCUT2D eigenvalue weighted by molar-refractivity contribution is 7.15. The Kier molecular flexibility index (Phi) is 4.90. The fourth-order valence-corrected chi connectivity index (χ4v) is 2.86. The summed E-state index contributed by atoms with van der Waals surface area (Å²) in [6.07, 6.45) is -6.96. The molecule has 1 fully saturated rings. The molecule has 0 aromatic carbocycles. The Balaban J connectivity index is 2.25. The van der Waals surface area contributed by atoms with Crippen LogP contribution in [-0.4, -0.2) is 38.5 Å². The summed E-state index contributed by atoms with van der Waals surface area (Å²) in [5, 5.41) is 4.15. The second-order valence-corrected chi connectivity index (χ2v) is 7.66. The van der Waals surface area contributed by atoms with E-state index in [0.29, 0.717) is 0 Å². The van der Waals surface area contributed by atoms with Crippen LogP contribution in [-0.2, 0) is 10.7 Å². The molecule has 0 aliphatic heterocycles. The summed E-state index contributed by atoms with van der Waals surface area (Å²) in [6, 6.07) is 0. The van der Waals surface area contributed by atoms with Crippen molar-refractivity contribution in [3.05, 3.63) is 5.01 Å². The van der Waals surface area contributed by atoms with Crippen molar-refractivity contribution in [2.45, 2.75) is 34.7 Å². The number of carbonyl (C=O) groups is 1. The molecule has 2 rings (SSSR count). The predicted molar refractivity (Wildman–Crippen MR) is 70.9 cm³/mol. The molecular weight excluding hydrogens is 452 g/mol. The van der Waals surface area contributed by atoms with Crippen LogP contribution < -0.4 is 5.32 Å². The Bertz CT molecular complexity index is 721. The second kappa shape index (κ2) is 5.99. The van der Waals surface area contributed by atoms with Crippen LogP contribution in [0.15, 0.2) is 0 Å². The lowest BCUT2D eigenvalue weighted by molar-refractivity contribution is -0.399. The molecule has 1 aromatic heterocycles. The average molecular weight is 456 g/mol. The first-order chi connectivity index (χ1) is 11.4. The number of hydrogen-bond donors (Lipinski definition) is 1. The molecule has 1 aromatic rings. The third-order valence-electron chi connectivity index (χ3n) is 3.21. The second-order valence-electron chi connectivity index (χ2n) is 5.14. The normalized spacial score (nSPS) is 20.8. The molecule has 1 saturated carbocycles. The fraction of sp³-hybridized carbons (Fsp3) is 0.700. The molecule has 0 spiro atoms. The summed E-state index contributed by atoms with van der Waals surface area (Å²) in [7, 11) is 0. The fourth-order valence-electron chi connectivity index (χ4n) is 1.60. The van der Waals surface area contributed by atoms with Crippen LogP contribution in [0.1, 0.15) is 11.4 Å². The summed E-state index contributed by atoms with van der Waals surface area (Å²) < 4.78 is 114. The van der Waals surface area contributed by atoms with Crippen LogP contribution in [0.25, 0.3) is 0 Å². The van der Waals surface area contributed by atoms with Gasteiger partial charge < -0.3 is 5.32 Å². The van der Waals surface area contributed by atoms with E-state index < -0.39 is 61.6 Å². The molecule has 26 heavy (non-hydrogen) atoms. The van der Waals surface area contributed by atoms with Gasteiger partial charge in [-0.25, -0.2) is 0 Å². The van der Waals surface area contributed by atoms with Crippen LogP contribution in [0.5, 0.6) is 0 Å². The van der Waals surface area contributed by atoms with Crippen molar-refractivity contribution in [1.29, 1.82) is 0 Å². The summed E-state index contributed by atoms with van der Waals surface area (Å²) in [4.78, 5) is 11.6. The standard InChI is InChI=1S/C10H4Cl2F9N3OS/c11-6(12)1-2(6)3(25)22-5-24-23-4(26-5)7(13,14)8(15,16)9(17,18)10(19,20)21/h2H,1H2,(H,22,24,25). The van der Waals surface area contributed by atoms with Gasteiger partial charge in [-0.1, -0.05) is 11.3 Å². The van der Waals surface area contributed by atoms with Crippen LogP contribution >= 0.6 is 34.5 Å². The Hall–Kier alpha value is -1.02. The van der Waals surface area contributed by atoms with Gasteiger partial charge in [0.15, 0.2) is 5.01 Å². The maximum Gasteiger partial charge on any atom is 0.460 e. The minimum atomic E-state index is -7.05. The van der Waals surface area contributed by atoms with Crippen molar-refractivity contribution >= 4 is 45.6 Å². The molecule has 1 unspecified atom stereocenters. The number of halogens is 11. The Labute approximate surface area is 151 Å². The van der Waals surface area contributed by atoms with E-state index in [-0.39, 0.29) is 6.42 Å². The molecule has 16 heteroatoms. The molecule has 0 saturated heterocycles. The van der Waals surface area contributed by atoms with Crippen molar-refractivity contribution in [2.24, 2.45) is 5.92 Å². The third kappa shape index (κ3) is 3.30. The lowest BCUT2D eigenvalue weighted by Gasteiger charge is -2.32. The lowest BCUT2D eigenvalue weighted by atomic mass is 10.0. The van der Waals surface area contributed by atoms with Gasteiger partial charge in [0.1, 0.15) is 4.33 Å². The van der Waals surface area contributed by atoms with Crippen molar-refractivity contribution in [2.75, 3.05) is 5.32 Å². The van der Waals surface area contributed by atoms with E-state index in [1.165, 1.54) is 0 Å². The zero-order chi connectivity index (χ0) is 20.3. The molecule has 1 amide bonds. The van der Waals surface area contributed by atoms with E-state index in [1.54, 1.807) is 0 Å². The first-order valence-electron chi connectivity index (χ1n) is 6.18. The van der Waals surface area contributed by atoms with E-state index in [9.17, 15) is 44.3 Å². The minimum Gasteiger partial charge on any atom is -0.300 e. The molecule has 0 radical (unpaired) electrons. The first-order valence-corrected chi connectivity index (χ1v) is 7.75. The molecular formula is C10H4Cl2F9N3OS. The van der Waals surface area contributed by atoms with Gasteiger partial charge in [-0.15, -0.1) is 33.4 Å². The highest BCUT2D eigenvalue weighted by atomic mass is 35.5. The van der Waals surface area contributed by atoms with Crippen LogP contribution in [0.3, 0.4) is 0 Å². The number of aromatic nitrogens is 2. The average Bonchev–Trinajstić information content (AvgIpc) is 2.88. The van der Waals surface area contributed by atoms with Crippen LogP contribution in [0.4, 0.5) is 44.6 Å². The van der Waals surface area contributed by atoms with Gasteiger partial charge in [0.05, 0.1) is 5.92 Å². The van der Waals surface area contributed by atoms with Crippen LogP contribution in [0.2, 0.25) is 0 Å². The predicted octanol–water partition coefficient (Wildman–Crippen LogP) is 4.60. The smallest absolute Gasteiger partial charge is 0.300 e. The largest absolute Gasteiger partial charge is 0.460 e. The summed E-state index contributed by atoms with van der Waals surface area (Å²) >= 11 is 10.6. The van der Waals surface area contributed by atoms with Gasteiger partial charge in [-0.3, -0.25) is 4.79 Å². The molecule has 1 aliphatic carbocycles. The summed E-state index contributed by atoms with van der Waals surface area (Å²) in [6.45, 7) is 0. The van der Waals surface area contributed by atoms with Crippen molar-refractivity contribution in [1.82, 2.24) is 10.2 Å². The van der Waals surface area contributed by atoms with Gasteiger partial charge in [-0.05, 0) is 6.42 Å². The maximum atomic E-state index is 13.6. The zero-order valence-corrected chi connectivity index (χ0v) is 14.0. The van der Waals surface area contributed by atoms with E-state index >= 15 is 0 Å². The van der Waals surface area contributed by atoms with E-state index in [4.69, 9.17) is 23.2 Å². The van der Waals surface area contributed by atoms with Crippen molar-refractivity contribution < 1.29 is 44.3 Å². The third-order valence-corrected chi connectivity index (χ3v) is 4.95. The number of nitrogens with zero attached hydrogens (tertiary/aromatic N) is 2. The van der Waals surface area contributed by atoms with E-state index in [1.807, 2.05) is 5.32 Å². The molecule has 1 heterocycles. The highest BCUT2D eigenvalue weighted by Crippen LogP contribution is 2.57. The Morgan fingerprint density at radius 2 is 1.54 bits per heavy atom. The number of rotatable bonds is 5. The number of nitrogens with one attached hydrogen (secondary N) is 1.